The van der Waals surface area contributed by atoms with Gasteiger partial charge in [0, 0.05) is 33.1 Å². The smallest absolute Gasteiger partial charge is 0.243 e. The summed E-state index contributed by atoms with van der Waals surface area (Å²) in [5.41, 5.74) is 1.95. The van der Waals surface area contributed by atoms with Crippen LogP contribution in [0.2, 0.25) is 0 Å². The van der Waals surface area contributed by atoms with Crippen molar-refractivity contribution < 1.29 is 13.2 Å². The van der Waals surface area contributed by atoms with E-state index in [-0.39, 0.29) is 30.1 Å². The zero-order valence-electron chi connectivity index (χ0n) is 18.3. The predicted molar refractivity (Wildman–Crippen MR) is 137 cm³/mol. The number of rotatable bonds is 6. The number of sulfonamides is 1. The number of para-hydroxylation sites is 1. The van der Waals surface area contributed by atoms with Gasteiger partial charge in [0.15, 0.2) is 5.96 Å². The first-order chi connectivity index (χ1) is 15.1. The molecule has 2 heterocycles. The molecule has 174 valence electrons. The Morgan fingerprint density at radius 2 is 1.78 bits per heavy atom. The van der Waals surface area contributed by atoms with Crippen LogP contribution >= 0.6 is 24.0 Å². The molecular formula is C23H31IN4O3S. The lowest BCUT2D eigenvalue weighted by atomic mass is 10.1. The SMILES string of the molecule is CN=C(NCc1ccccc1S(=O)(=O)N1CCCCC1)NCC1Cc2ccccc2O1.I. The Kier molecular flexibility index (Phi) is 8.78. The number of halogens is 1. The standard InChI is InChI=1S/C23H30N4O3S.HI/c1-24-23(26-17-20-15-18-9-3-5-11-21(18)30-20)25-16-19-10-4-6-12-22(19)31(28,29)27-13-7-2-8-14-27;/h3-6,9-12,20H,2,7-8,13-17H2,1H3,(H2,24,25,26);1H. The van der Waals surface area contributed by atoms with Crippen molar-refractivity contribution in [3.63, 3.8) is 0 Å². The third-order valence-electron chi connectivity index (χ3n) is 5.79. The monoisotopic (exact) mass is 570 g/mol. The van der Waals surface area contributed by atoms with Crippen LogP contribution in [0.4, 0.5) is 0 Å². The van der Waals surface area contributed by atoms with Gasteiger partial charge in [0.2, 0.25) is 10.0 Å². The summed E-state index contributed by atoms with van der Waals surface area (Å²) in [4.78, 5) is 4.64. The van der Waals surface area contributed by atoms with Crippen LogP contribution in [-0.2, 0) is 23.0 Å². The Balaban J connectivity index is 0.00000289. The zero-order chi connectivity index (χ0) is 21.7. The van der Waals surface area contributed by atoms with Gasteiger partial charge >= 0.3 is 0 Å². The molecule has 0 saturated carbocycles. The third-order valence-corrected chi connectivity index (χ3v) is 7.79. The van der Waals surface area contributed by atoms with Crippen LogP contribution < -0.4 is 15.4 Å². The van der Waals surface area contributed by atoms with Crippen molar-refractivity contribution >= 4 is 40.0 Å². The minimum Gasteiger partial charge on any atom is -0.488 e. The van der Waals surface area contributed by atoms with Crippen molar-refractivity contribution in [1.29, 1.82) is 0 Å². The van der Waals surface area contributed by atoms with Crippen molar-refractivity contribution in [3.05, 3.63) is 59.7 Å². The fourth-order valence-corrected chi connectivity index (χ4v) is 5.86. The molecule has 32 heavy (non-hydrogen) atoms. The minimum absolute atomic E-state index is 0. The molecule has 4 rings (SSSR count). The molecule has 1 saturated heterocycles. The van der Waals surface area contributed by atoms with E-state index < -0.39 is 10.0 Å². The fraction of sp³-hybridized carbons (Fsp3) is 0.435. The molecule has 2 aliphatic heterocycles. The zero-order valence-corrected chi connectivity index (χ0v) is 21.4. The van der Waals surface area contributed by atoms with Crippen molar-refractivity contribution in [2.45, 2.75) is 43.2 Å². The number of hydrogen-bond donors (Lipinski definition) is 2. The highest BCUT2D eigenvalue weighted by Gasteiger charge is 2.28. The maximum absolute atomic E-state index is 13.2. The summed E-state index contributed by atoms with van der Waals surface area (Å²) in [5, 5.41) is 6.54. The van der Waals surface area contributed by atoms with Gasteiger partial charge in [-0.3, -0.25) is 4.99 Å². The van der Waals surface area contributed by atoms with Crippen molar-refractivity contribution in [3.8, 4) is 5.75 Å². The second-order valence-electron chi connectivity index (χ2n) is 7.93. The van der Waals surface area contributed by atoms with Crippen molar-refractivity contribution in [2.24, 2.45) is 4.99 Å². The van der Waals surface area contributed by atoms with Crippen LogP contribution in [0.1, 0.15) is 30.4 Å². The van der Waals surface area contributed by atoms with Crippen molar-refractivity contribution in [2.75, 3.05) is 26.7 Å². The molecule has 1 fully saturated rings. The van der Waals surface area contributed by atoms with E-state index in [4.69, 9.17) is 4.74 Å². The van der Waals surface area contributed by atoms with E-state index in [0.717, 1.165) is 37.0 Å². The maximum atomic E-state index is 13.2. The van der Waals surface area contributed by atoms with E-state index in [1.54, 1.807) is 23.5 Å². The third kappa shape index (κ3) is 5.74. The van der Waals surface area contributed by atoms with Crippen LogP contribution in [0, 0.1) is 0 Å². The first-order valence-electron chi connectivity index (χ1n) is 10.8. The van der Waals surface area contributed by atoms with Crippen LogP contribution in [-0.4, -0.2) is 51.5 Å². The molecule has 2 aromatic rings. The lowest BCUT2D eigenvalue weighted by Gasteiger charge is -2.27. The Hall–Kier alpha value is -1.85. The second-order valence-corrected chi connectivity index (χ2v) is 9.84. The van der Waals surface area contributed by atoms with E-state index >= 15 is 0 Å². The van der Waals surface area contributed by atoms with Crippen LogP contribution in [0.5, 0.6) is 5.75 Å². The highest BCUT2D eigenvalue weighted by atomic mass is 127. The largest absolute Gasteiger partial charge is 0.488 e. The van der Waals surface area contributed by atoms with Gasteiger partial charge < -0.3 is 15.4 Å². The van der Waals surface area contributed by atoms with Gasteiger partial charge in [-0.25, -0.2) is 8.42 Å². The van der Waals surface area contributed by atoms with E-state index in [0.29, 0.717) is 37.0 Å². The van der Waals surface area contributed by atoms with Gasteiger partial charge in [0.25, 0.3) is 0 Å². The Bertz CT molecular complexity index is 1010. The van der Waals surface area contributed by atoms with Gasteiger partial charge in [0.05, 0.1) is 11.4 Å². The molecule has 7 nitrogen and oxygen atoms in total. The van der Waals surface area contributed by atoms with E-state index in [1.165, 1.54) is 5.56 Å². The summed E-state index contributed by atoms with van der Waals surface area (Å²) in [5.74, 6) is 1.55. The molecule has 2 aromatic carbocycles. The fourth-order valence-electron chi connectivity index (χ4n) is 4.12. The summed E-state index contributed by atoms with van der Waals surface area (Å²) in [6.45, 7) is 2.17. The normalized spacial score (nSPS) is 18.9. The summed E-state index contributed by atoms with van der Waals surface area (Å²) in [6, 6.07) is 15.3. The van der Waals surface area contributed by atoms with Gasteiger partial charge in [-0.2, -0.15) is 4.31 Å². The maximum Gasteiger partial charge on any atom is 0.243 e. The molecule has 0 aromatic heterocycles. The first kappa shape index (κ1) is 24.8. The topological polar surface area (TPSA) is 83.0 Å². The number of hydrogen-bond acceptors (Lipinski definition) is 4. The lowest BCUT2D eigenvalue weighted by Crippen LogP contribution is -2.42. The van der Waals surface area contributed by atoms with E-state index in [1.807, 2.05) is 30.3 Å². The van der Waals surface area contributed by atoms with Crippen molar-refractivity contribution in [1.82, 2.24) is 14.9 Å². The number of aliphatic imine (C=N–C) groups is 1. The minimum atomic E-state index is -3.49. The number of fused-ring (bicyclic) bond motifs is 1. The van der Waals surface area contributed by atoms with Crippen LogP contribution in [0.15, 0.2) is 58.4 Å². The van der Waals surface area contributed by atoms with E-state index in [2.05, 4.69) is 21.7 Å². The highest BCUT2D eigenvalue weighted by Crippen LogP contribution is 2.27. The van der Waals surface area contributed by atoms with Gasteiger partial charge in [-0.05, 0) is 36.1 Å². The highest BCUT2D eigenvalue weighted by molar-refractivity contribution is 14.0. The van der Waals surface area contributed by atoms with Gasteiger partial charge in [-0.1, -0.05) is 42.8 Å². The number of nitrogens with one attached hydrogen (secondary N) is 2. The van der Waals surface area contributed by atoms with Crippen LogP contribution in [0.25, 0.3) is 0 Å². The van der Waals surface area contributed by atoms with Gasteiger partial charge in [-0.15, -0.1) is 24.0 Å². The molecule has 1 atom stereocenters. The molecule has 2 N–H and O–H groups in total. The number of guanidine groups is 1. The van der Waals surface area contributed by atoms with Gasteiger partial charge in [0.1, 0.15) is 11.9 Å². The Morgan fingerprint density at radius 1 is 1.06 bits per heavy atom. The number of ether oxygens (including phenoxy) is 1. The lowest BCUT2D eigenvalue weighted by molar-refractivity contribution is 0.235. The van der Waals surface area contributed by atoms with E-state index in [9.17, 15) is 8.42 Å². The summed E-state index contributed by atoms with van der Waals surface area (Å²) in [7, 11) is -1.79. The Labute approximate surface area is 207 Å². The number of nitrogens with zero attached hydrogens (tertiary/aromatic N) is 2. The number of piperidine rings is 1. The second kappa shape index (κ2) is 11.3. The average molecular weight is 570 g/mol. The average Bonchev–Trinajstić information content (AvgIpc) is 3.23. The molecular weight excluding hydrogens is 539 g/mol. The molecule has 0 spiro atoms. The molecule has 0 amide bonds. The molecule has 0 aliphatic carbocycles. The van der Waals surface area contributed by atoms with Crippen LogP contribution in [0.3, 0.4) is 0 Å². The molecule has 9 heteroatoms. The predicted octanol–water partition coefficient (Wildman–Crippen LogP) is 3.15. The quantitative estimate of drug-likeness (QED) is 0.317. The molecule has 0 bridgehead atoms. The number of benzene rings is 2. The summed E-state index contributed by atoms with van der Waals surface area (Å²) < 4.78 is 33.9. The summed E-state index contributed by atoms with van der Waals surface area (Å²) in [6.07, 6.45) is 3.83. The molecule has 1 unspecified atom stereocenters. The Morgan fingerprint density at radius 3 is 2.53 bits per heavy atom. The first-order valence-corrected chi connectivity index (χ1v) is 12.3. The molecule has 0 radical (unpaired) electrons. The summed E-state index contributed by atoms with van der Waals surface area (Å²) >= 11 is 0. The molecule has 2 aliphatic rings.